The first kappa shape index (κ1) is 11.2. The van der Waals surface area contributed by atoms with Crippen LogP contribution in [0, 0.1) is 3.57 Å². The molecule has 0 bridgehead atoms. The van der Waals surface area contributed by atoms with E-state index in [1.165, 1.54) is 10.7 Å². The standard InChI is InChI=1S/C11H7IN4O2/c12-7-2-1-3-8(4-7)18-10-5-9-14-15-11(17)16(9)6-13-10/h1-6H,(H,15,17). The van der Waals surface area contributed by atoms with Gasteiger partial charge in [-0.2, -0.15) is 5.10 Å². The molecule has 0 unspecified atom stereocenters. The SMILES string of the molecule is O=c1[nH]nc2cc(Oc3cccc(I)c3)ncn12. The van der Waals surface area contributed by atoms with Crippen LogP contribution >= 0.6 is 22.6 Å². The van der Waals surface area contributed by atoms with E-state index in [2.05, 4.69) is 37.8 Å². The molecule has 0 saturated heterocycles. The Balaban J connectivity index is 1.97. The molecule has 0 aliphatic heterocycles. The van der Waals surface area contributed by atoms with Crippen molar-refractivity contribution in [2.24, 2.45) is 0 Å². The van der Waals surface area contributed by atoms with Gasteiger partial charge in [-0.3, -0.25) is 0 Å². The molecule has 2 aromatic heterocycles. The molecule has 0 spiro atoms. The number of fused-ring (bicyclic) bond motifs is 1. The van der Waals surface area contributed by atoms with Gasteiger partial charge in [0, 0.05) is 9.64 Å². The molecule has 0 saturated carbocycles. The van der Waals surface area contributed by atoms with E-state index in [1.807, 2.05) is 24.3 Å². The summed E-state index contributed by atoms with van der Waals surface area (Å²) in [6, 6.07) is 9.19. The van der Waals surface area contributed by atoms with Crippen LogP contribution in [-0.4, -0.2) is 19.6 Å². The van der Waals surface area contributed by atoms with Gasteiger partial charge >= 0.3 is 5.69 Å². The first-order chi connectivity index (χ1) is 8.72. The highest BCUT2D eigenvalue weighted by molar-refractivity contribution is 14.1. The lowest BCUT2D eigenvalue weighted by Crippen LogP contribution is -2.09. The van der Waals surface area contributed by atoms with Crippen LogP contribution in [-0.2, 0) is 0 Å². The van der Waals surface area contributed by atoms with E-state index < -0.39 is 0 Å². The molecule has 3 aromatic rings. The summed E-state index contributed by atoms with van der Waals surface area (Å²) in [5, 5.41) is 6.18. The second-order valence-corrected chi connectivity index (χ2v) is 4.79. The van der Waals surface area contributed by atoms with E-state index in [-0.39, 0.29) is 5.69 Å². The molecule has 18 heavy (non-hydrogen) atoms. The van der Waals surface area contributed by atoms with Crippen molar-refractivity contribution < 1.29 is 4.74 Å². The lowest BCUT2D eigenvalue weighted by Gasteiger charge is -2.04. The molecule has 0 aliphatic carbocycles. The van der Waals surface area contributed by atoms with E-state index in [0.717, 1.165) is 3.57 Å². The number of hydrogen-bond acceptors (Lipinski definition) is 4. The molecular weight excluding hydrogens is 347 g/mol. The third-order valence-electron chi connectivity index (χ3n) is 2.30. The number of nitrogens with one attached hydrogen (secondary N) is 1. The zero-order chi connectivity index (χ0) is 12.5. The van der Waals surface area contributed by atoms with Crippen LogP contribution in [0.1, 0.15) is 0 Å². The smallest absolute Gasteiger partial charge is 0.348 e. The van der Waals surface area contributed by atoms with Crippen LogP contribution in [0.3, 0.4) is 0 Å². The van der Waals surface area contributed by atoms with Crippen LogP contribution in [0.5, 0.6) is 11.6 Å². The summed E-state index contributed by atoms with van der Waals surface area (Å²) in [6.07, 6.45) is 1.38. The lowest BCUT2D eigenvalue weighted by atomic mass is 10.3. The maximum Gasteiger partial charge on any atom is 0.348 e. The Kier molecular flexibility index (Phi) is 2.74. The predicted molar refractivity (Wildman–Crippen MR) is 72.8 cm³/mol. The van der Waals surface area contributed by atoms with E-state index >= 15 is 0 Å². The summed E-state index contributed by atoms with van der Waals surface area (Å²) in [4.78, 5) is 15.3. The third kappa shape index (κ3) is 2.08. The summed E-state index contributed by atoms with van der Waals surface area (Å²) in [6.45, 7) is 0. The number of halogens is 1. The van der Waals surface area contributed by atoms with E-state index in [9.17, 15) is 4.79 Å². The van der Waals surface area contributed by atoms with Gasteiger partial charge in [0.1, 0.15) is 12.1 Å². The summed E-state index contributed by atoms with van der Waals surface area (Å²) in [5.74, 6) is 1.08. The molecule has 3 rings (SSSR count). The highest BCUT2D eigenvalue weighted by Crippen LogP contribution is 2.21. The molecule has 6 nitrogen and oxygen atoms in total. The van der Waals surface area contributed by atoms with Crippen LogP contribution in [0.2, 0.25) is 0 Å². The molecule has 2 heterocycles. The minimum absolute atomic E-state index is 0.321. The van der Waals surface area contributed by atoms with Crippen molar-refractivity contribution >= 4 is 28.2 Å². The Hall–Kier alpha value is -1.90. The number of benzene rings is 1. The lowest BCUT2D eigenvalue weighted by molar-refractivity contribution is 0.461. The fourth-order valence-corrected chi connectivity index (χ4v) is 2.01. The molecule has 0 amide bonds. The van der Waals surface area contributed by atoms with E-state index in [1.54, 1.807) is 6.07 Å². The van der Waals surface area contributed by atoms with Crippen LogP contribution < -0.4 is 10.4 Å². The maximum atomic E-state index is 11.3. The van der Waals surface area contributed by atoms with Gasteiger partial charge in [0.25, 0.3) is 0 Å². The highest BCUT2D eigenvalue weighted by atomic mass is 127. The second kappa shape index (κ2) is 4.41. The first-order valence-electron chi connectivity index (χ1n) is 5.08. The zero-order valence-electron chi connectivity index (χ0n) is 9.00. The number of aromatic amines is 1. The maximum absolute atomic E-state index is 11.3. The Morgan fingerprint density at radius 2 is 2.22 bits per heavy atom. The monoisotopic (exact) mass is 354 g/mol. The third-order valence-corrected chi connectivity index (χ3v) is 2.97. The number of hydrogen-bond donors (Lipinski definition) is 1. The summed E-state index contributed by atoms with van der Waals surface area (Å²) < 4.78 is 7.97. The Labute approximate surface area is 115 Å². The molecule has 0 radical (unpaired) electrons. The average Bonchev–Trinajstić information content (AvgIpc) is 2.71. The largest absolute Gasteiger partial charge is 0.439 e. The Morgan fingerprint density at radius 1 is 1.33 bits per heavy atom. The molecule has 1 aromatic carbocycles. The predicted octanol–water partition coefficient (Wildman–Crippen LogP) is 1.81. The van der Waals surface area contributed by atoms with Gasteiger partial charge in [-0.1, -0.05) is 6.07 Å². The molecular formula is C11H7IN4O2. The molecule has 0 aliphatic rings. The molecule has 1 N–H and O–H groups in total. The average molecular weight is 354 g/mol. The molecule has 0 fully saturated rings. The summed E-state index contributed by atoms with van der Waals surface area (Å²) >= 11 is 2.20. The number of nitrogens with zero attached hydrogens (tertiary/aromatic N) is 3. The minimum atomic E-state index is -0.321. The van der Waals surface area contributed by atoms with Crippen molar-refractivity contribution in [3.63, 3.8) is 0 Å². The first-order valence-corrected chi connectivity index (χ1v) is 6.16. The molecule has 0 atom stereocenters. The van der Waals surface area contributed by atoms with Crippen molar-refractivity contribution in [3.05, 3.63) is 50.7 Å². The summed E-state index contributed by atoms with van der Waals surface area (Å²) in [7, 11) is 0. The quantitative estimate of drug-likeness (QED) is 0.713. The van der Waals surface area contributed by atoms with Gasteiger partial charge in [0.05, 0.1) is 0 Å². The van der Waals surface area contributed by atoms with Crippen molar-refractivity contribution in [1.29, 1.82) is 0 Å². The van der Waals surface area contributed by atoms with Crippen molar-refractivity contribution in [2.45, 2.75) is 0 Å². The highest BCUT2D eigenvalue weighted by Gasteiger charge is 2.04. The molecule has 90 valence electrons. The van der Waals surface area contributed by atoms with Gasteiger partial charge in [-0.25, -0.2) is 19.3 Å². The molecule has 7 heteroatoms. The summed E-state index contributed by atoms with van der Waals surface area (Å²) in [5.41, 5.74) is 0.147. The second-order valence-electron chi connectivity index (χ2n) is 3.54. The number of H-pyrrole nitrogens is 1. The topological polar surface area (TPSA) is 72.3 Å². The Morgan fingerprint density at radius 3 is 3.06 bits per heavy atom. The van der Waals surface area contributed by atoms with Gasteiger partial charge in [-0.05, 0) is 40.8 Å². The number of aromatic nitrogens is 4. The van der Waals surface area contributed by atoms with Gasteiger partial charge in [-0.15, -0.1) is 0 Å². The van der Waals surface area contributed by atoms with E-state index in [4.69, 9.17) is 4.74 Å². The fourth-order valence-electron chi connectivity index (χ4n) is 1.50. The van der Waals surface area contributed by atoms with Crippen LogP contribution in [0.4, 0.5) is 0 Å². The number of rotatable bonds is 2. The zero-order valence-corrected chi connectivity index (χ0v) is 11.2. The van der Waals surface area contributed by atoms with Gasteiger partial charge in [0.15, 0.2) is 5.65 Å². The van der Waals surface area contributed by atoms with Crippen molar-refractivity contribution in [2.75, 3.05) is 0 Å². The van der Waals surface area contributed by atoms with Crippen LogP contribution in [0.25, 0.3) is 5.65 Å². The number of ether oxygens (including phenoxy) is 1. The van der Waals surface area contributed by atoms with Crippen LogP contribution in [0.15, 0.2) is 41.5 Å². The minimum Gasteiger partial charge on any atom is -0.439 e. The Bertz CT molecular complexity index is 765. The van der Waals surface area contributed by atoms with Gasteiger partial charge in [0.2, 0.25) is 5.88 Å². The normalized spacial score (nSPS) is 10.7. The van der Waals surface area contributed by atoms with Crippen molar-refractivity contribution in [3.8, 4) is 11.6 Å². The van der Waals surface area contributed by atoms with Gasteiger partial charge < -0.3 is 4.74 Å². The van der Waals surface area contributed by atoms with Crippen molar-refractivity contribution in [1.82, 2.24) is 19.6 Å². The van der Waals surface area contributed by atoms with E-state index in [0.29, 0.717) is 17.3 Å². The fraction of sp³-hybridized carbons (Fsp3) is 0.